The monoisotopic (exact) mass is 669 g/mol. The Hall–Kier alpha value is -4.00. The number of carbonyl (C=O) groups is 3. The first-order valence-corrected chi connectivity index (χ1v) is 16.5. The minimum atomic E-state index is -0.771. The second-order valence-electron chi connectivity index (χ2n) is 11.9. The van der Waals surface area contributed by atoms with Gasteiger partial charge in [0.2, 0.25) is 5.95 Å². The Morgan fingerprint density at radius 1 is 0.957 bits per heavy atom. The van der Waals surface area contributed by atoms with Crippen molar-refractivity contribution in [1.82, 2.24) is 20.3 Å². The molecule has 0 aliphatic rings. The van der Waals surface area contributed by atoms with Crippen molar-refractivity contribution in [3.8, 4) is 11.3 Å². The molecule has 13 heteroatoms. The maximum Gasteiger partial charge on any atom is 0.323 e. The van der Waals surface area contributed by atoms with Gasteiger partial charge in [-0.25, -0.2) is 9.97 Å². The number of aryl methyl sites for hydroxylation is 1. The van der Waals surface area contributed by atoms with E-state index in [1.807, 2.05) is 41.5 Å². The number of benzene rings is 1. The zero-order valence-electron chi connectivity index (χ0n) is 28.0. The van der Waals surface area contributed by atoms with Crippen LogP contribution in [0, 0.1) is 18.8 Å². The summed E-state index contributed by atoms with van der Waals surface area (Å²) in [6, 6.07) is 6.30. The number of aromatic amines is 1. The molecule has 0 fully saturated rings. The van der Waals surface area contributed by atoms with Crippen LogP contribution < -0.4 is 22.1 Å². The number of amides is 1. The molecule has 3 aromatic rings. The van der Waals surface area contributed by atoms with Crippen LogP contribution in [-0.4, -0.2) is 64.1 Å². The molecule has 0 bridgehead atoms. The third-order valence-corrected chi connectivity index (χ3v) is 8.67. The van der Waals surface area contributed by atoms with E-state index >= 15 is 0 Å². The Bertz CT molecular complexity index is 1500. The highest BCUT2D eigenvalue weighted by Crippen LogP contribution is 2.24. The minimum absolute atomic E-state index is 0.0190. The number of H-pyrrole nitrogens is 1. The number of nitrogens with two attached hydrogens (primary N) is 2. The van der Waals surface area contributed by atoms with Gasteiger partial charge in [0.25, 0.3) is 5.91 Å². The standard InChI is InChI=1S/C34H48ClN7O5/c1-7-19(4)28(36)32(44)46-17-25(9-3)40-34-39-15-21(6)30(42-34)23-14-26(38-16-23)31(43)41-27(22-11-10-12-24(35)13-22)18-47-33(45)29(37)20(5)8-2/h10-16,19-20,25,27-29,38H,7-9,17-18,36-37H2,1-6H3,(H,41,43)(H,39,40,42)/t19-,20-,25-,27+,28-,29-/m0/s1. The van der Waals surface area contributed by atoms with E-state index in [9.17, 15) is 14.4 Å². The highest BCUT2D eigenvalue weighted by Gasteiger charge is 2.25. The van der Waals surface area contributed by atoms with Crippen molar-refractivity contribution < 1.29 is 23.9 Å². The Morgan fingerprint density at radius 3 is 2.19 bits per heavy atom. The Balaban J connectivity index is 1.73. The SMILES string of the molecule is CC[C@@H](COC(=O)[C@@H](N)[C@@H](C)CC)Nc1ncc(C)c(-c2c[nH]c(C(=O)N[C@H](COC(=O)[C@@H](N)[C@@H](C)CC)c3cccc(Cl)c3)c2)n1. The van der Waals surface area contributed by atoms with Gasteiger partial charge in [-0.1, -0.05) is 71.2 Å². The molecule has 6 atom stereocenters. The van der Waals surface area contributed by atoms with Crippen molar-refractivity contribution in [3.05, 3.63) is 64.6 Å². The molecule has 0 saturated heterocycles. The van der Waals surface area contributed by atoms with Gasteiger partial charge in [0.05, 0.1) is 17.8 Å². The molecule has 2 aromatic heterocycles. The fourth-order valence-electron chi connectivity index (χ4n) is 4.60. The van der Waals surface area contributed by atoms with Crippen LogP contribution in [-0.2, 0) is 19.1 Å². The molecule has 0 aliphatic heterocycles. The van der Waals surface area contributed by atoms with E-state index < -0.39 is 36.0 Å². The van der Waals surface area contributed by atoms with Gasteiger partial charge >= 0.3 is 11.9 Å². The topological polar surface area (TPSA) is 187 Å². The number of nitrogens with one attached hydrogen (secondary N) is 3. The molecule has 3 rings (SSSR count). The molecule has 0 saturated carbocycles. The van der Waals surface area contributed by atoms with Crippen molar-refractivity contribution in [1.29, 1.82) is 0 Å². The molecule has 0 aliphatic carbocycles. The summed E-state index contributed by atoms with van der Waals surface area (Å²) in [5.74, 6) is -1.07. The molecule has 12 nitrogen and oxygen atoms in total. The average molecular weight is 670 g/mol. The zero-order valence-corrected chi connectivity index (χ0v) is 28.8. The number of ether oxygens (including phenoxy) is 2. The maximum atomic E-state index is 13.4. The van der Waals surface area contributed by atoms with Crippen molar-refractivity contribution in [2.24, 2.45) is 23.3 Å². The quantitative estimate of drug-likeness (QED) is 0.123. The lowest BCUT2D eigenvalue weighted by atomic mass is 10.0. The lowest BCUT2D eigenvalue weighted by Gasteiger charge is -2.22. The molecule has 1 aromatic carbocycles. The van der Waals surface area contributed by atoms with Crippen LogP contribution in [0.15, 0.2) is 42.7 Å². The van der Waals surface area contributed by atoms with E-state index in [0.29, 0.717) is 34.2 Å². The summed E-state index contributed by atoms with van der Waals surface area (Å²) in [5.41, 5.74) is 15.1. The summed E-state index contributed by atoms with van der Waals surface area (Å²) < 4.78 is 11.0. The van der Waals surface area contributed by atoms with Crippen LogP contribution in [0.5, 0.6) is 0 Å². The number of rotatable bonds is 17. The van der Waals surface area contributed by atoms with Crippen molar-refractivity contribution in [3.63, 3.8) is 0 Å². The molecular formula is C34H48ClN7O5. The Kier molecular flexibility index (Phi) is 14.2. The summed E-state index contributed by atoms with van der Waals surface area (Å²) >= 11 is 6.23. The summed E-state index contributed by atoms with van der Waals surface area (Å²) in [7, 11) is 0. The van der Waals surface area contributed by atoms with Crippen molar-refractivity contribution in [2.45, 2.75) is 85.0 Å². The summed E-state index contributed by atoms with van der Waals surface area (Å²) in [5, 5.41) is 6.65. The minimum Gasteiger partial charge on any atom is -0.462 e. The van der Waals surface area contributed by atoms with Gasteiger partial charge in [0.1, 0.15) is 31.0 Å². The van der Waals surface area contributed by atoms with Crippen LogP contribution in [0.3, 0.4) is 0 Å². The first kappa shape index (κ1) is 37.5. The van der Waals surface area contributed by atoms with Gasteiger partial charge in [-0.2, -0.15) is 0 Å². The second kappa shape index (κ2) is 17.8. The summed E-state index contributed by atoms with van der Waals surface area (Å²) in [4.78, 5) is 50.5. The number of nitrogens with zero attached hydrogens (tertiary/aromatic N) is 2. The first-order chi connectivity index (χ1) is 22.4. The number of hydrogen-bond donors (Lipinski definition) is 5. The largest absolute Gasteiger partial charge is 0.462 e. The lowest BCUT2D eigenvalue weighted by Crippen LogP contribution is -2.40. The van der Waals surface area contributed by atoms with E-state index in [1.165, 1.54) is 0 Å². The summed E-state index contributed by atoms with van der Waals surface area (Å²) in [6.07, 6.45) is 5.52. The normalized spacial score (nSPS) is 15.1. The second-order valence-corrected chi connectivity index (χ2v) is 12.4. The van der Waals surface area contributed by atoms with E-state index in [-0.39, 0.29) is 36.8 Å². The highest BCUT2D eigenvalue weighted by atomic mass is 35.5. The number of carbonyl (C=O) groups excluding carboxylic acids is 3. The molecule has 47 heavy (non-hydrogen) atoms. The number of aromatic nitrogens is 3. The van der Waals surface area contributed by atoms with E-state index in [0.717, 1.165) is 18.4 Å². The zero-order chi connectivity index (χ0) is 34.7. The predicted molar refractivity (Wildman–Crippen MR) is 183 cm³/mol. The summed E-state index contributed by atoms with van der Waals surface area (Å²) in [6.45, 7) is 11.6. The van der Waals surface area contributed by atoms with Crippen molar-refractivity contribution >= 4 is 35.4 Å². The van der Waals surface area contributed by atoms with Crippen LogP contribution in [0.2, 0.25) is 5.02 Å². The van der Waals surface area contributed by atoms with E-state index in [1.54, 1.807) is 42.7 Å². The lowest BCUT2D eigenvalue weighted by molar-refractivity contribution is -0.147. The molecule has 1 amide bonds. The fourth-order valence-corrected chi connectivity index (χ4v) is 4.80. The Morgan fingerprint density at radius 2 is 1.60 bits per heavy atom. The van der Waals surface area contributed by atoms with Crippen LogP contribution in [0.4, 0.5) is 5.95 Å². The number of halogens is 1. The van der Waals surface area contributed by atoms with Crippen LogP contribution in [0.25, 0.3) is 11.3 Å². The number of anilines is 1. The molecule has 0 spiro atoms. The van der Waals surface area contributed by atoms with Gasteiger partial charge in [0.15, 0.2) is 0 Å². The molecule has 2 heterocycles. The third kappa shape index (κ3) is 10.5. The maximum absolute atomic E-state index is 13.4. The number of hydrogen-bond acceptors (Lipinski definition) is 10. The number of esters is 2. The molecule has 0 unspecified atom stereocenters. The smallest absolute Gasteiger partial charge is 0.323 e. The highest BCUT2D eigenvalue weighted by molar-refractivity contribution is 6.30. The Labute approximate surface area is 281 Å². The predicted octanol–water partition coefficient (Wildman–Crippen LogP) is 4.93. The molecular weight excluding hydrogens is 622 g/mol. The van der Waals surface area contributed by atoms with Gasteiger partial charge < -0.3 is 36.6 Å². The van der Waals surface area contributed by atoms with Crippen LogP contribution >= 0.6 is 11.6 Å². The molecule has 7 N–H and O–H groups in total. The van der Waals surface area contributed by atoms with E-state index in [2.05, 4.69) is 25.6 Å². The van der Waals surface area contributed by atoms with Gasteiger partial charge in [-0.3, -0.25) is 14.4 Å². The van der Waals surface area contributed by atoms with Gasteiger partial charge in [-0.05, 0) is 54.5 Å². The van der Waals surface area contributed by atoms with Crippen LogP contribution in [0.1, 0.15) is 81.5 Å². The molecule has 0 radical (unpaired) electrons. The van der Waals surface area contributed by atoms with E-state index in [4.69, 9.17) is 32.5 Å². The molecule has 256 valence electrons. The van der Waals surface area contributed by atoms with Crippen molar-refractivity contribution in [2.75, 3.05) is 18.5 Å². The fraction of sp³-hybridized carbons (Fsp3) is 0.500. The van der Waals surface area contributed by atoms with Gasteiger partial charge in [-0.15, -0.1) is 0 Å². The first-order valence-electron chi connectivity index (χ1n) is 16.1. The third-order valence-electron chi connectivity index (χ3n) is 8.43. The van der Waals surface area contributed by atoms with Gasteiger partial charge in [0, 0.05) is 23.0 Å². The average Bonchev–Trinajstić information content (AvgIpc) is 3.57.